The van der Waals surface area contributed by atoms with Crippen LogP contribution >= 0.6 is 0 Å². The van der Waals surface area contributed by atoms with Crippen molar-refractivity contribution in [2.24, 2.45) is 0 Å². The third-order valence-corrected chi connectivity index (χ3v) is 1.89. The predicted octanol–water partition coefficient (Wildman–Crippen LogP) is 2.00. The zero-order valence-corrected chi connectivity index (χ0v) is 6.35. The first kappa shape index (κ1) is 6.66. The zero-order chi connectivity index (χ0) is 6.85. The Labute approximate surface area is 57.4 Å². The second kappa shape index (κ2) is 2.42. The molecule has 1 aliphatic rings. The molecule has 9 heavy (non-hydrogen) atoms. The molecule has 1 aliphatic heterocycles. The fraction of sp³-hybridized carbons (Fsp3) is 0.750. The van der Waals surface area contributed by atoms with E-state index in [4.69, 9.17) is 0 Å². The first-order valence-electron chi connectivity index (χ1n) is 3.66. The Balaban J connectivity index is 2.49. The molecule has 0 saturated carbocycles. The lowest BCUT2D eigenvalue weighted by Crippen LogP contribution is -2.25. The van der Waals surface area contributed by atoms with Gasteiger partial charge < -0.3 is 4.90 Å². The molecule has 0 aliphatic carbocycles. The minimum atomic E-state index is 0.653. The minimum absolute atomic E-state index is 0.653. The molecule has 0 N–H and O–H groups in total. The average Bonchev–Trinajstić information content (AvgIpc) is 2.13. The highest BCUT2D eigenvalue weighted by Gasteiger charge is 2.16. The van der Waals surface area contributed by atoms with E-state index in [0.29, 0.717) is 6.04 Å². The highest BCUT2D eigenvalue weighted by molar-refractivity contribution is 5.00. The van der Waals surface area contributed by atoms with Gasteiger partial charge in [-0.2, -0.15) is 0 Å². The molecule has 0 atom stereocenters. The van der Waals surface area contributed by atoms with Gasteiger partial charge in [0, 0.05) is 18.3 Å². The van der Waals surface area contributed by atoms with Gasteiger partial charge in [-0.1, -0.05) is 6.58 Å². The molecule has 1 saturated heterocycles. The fourth-order valence-electron chi connectivity index (χ4n) is 1.38. The van der Waals surface area contributed by atoms with E-state index in [-0.39, 0.29) is 0 Å². The molecule has 1 rings (SSSR count). The number of nitrogens with zero attached hydrogens (tertiary/aromatic N) is 1. The van der Waals surface area contributed by atoms with Crippen molar-refractivity contribution in [3.05, 3.63) is 12.3 Å². The standard InChI is InChI=1S/C8H15N/c1-7(2)9-6-4-5-8(9)3/h7H,3-6H2,1-2H3. The summed E-state index contributed by atoms with van der Waals surface area (Å²) in [5.74, 6) is 0. The molecule has 0 aromatic heterocycles. The lowest BCUT2D eigenvalue weighted by Gasteiger charge is -2.23. The van der Waals surface area contributed by atoms with Crippen LogP contribution in [0, 0.1) is 0 Å². The number of rotatable bonds is 1. The quantitative estimate of drug-likeness (QED) is 0.518. The molecule has 1 nitrogen and oxygen atoms in total. The van der Waals surface area contributed by atoms with Gasteiger partial charge in [-0.3, -0.25) is 0 Å². The van der Waals surface area contributed by atoms with Crippen LogP contribution in [-0.2, 0) is 0 Å². The summed E-state index contributed by atoms with van der Waals surface area (Å²) in [6, 6.07) is 0.653. The fourth-order valence-corrected chi connectivity index (χ4v) is 1.38. The van der Waals surface area contributed by atoms with E-state index in [0.717, 1.165) is 0 Å². The van der Waals surface area contributed by atoms with E-state index in [1.807, 2.05) is 0 Å². The highest BCUT2D eigenvalue weighted by atomic mass is 15.2. The smallest absolute Gasteiger partial charge is 0.0230 e. The van der Waals surface area contributed by atoms with Crippen molar-refractivity contribution in [3.63, 3.8) is 0 Å². The molecule has 0 spiro atoms. The predicted molar refractivity (Wildman–Crippen MR) is 40.2 cm³/mol. The van der Waals surface area contributed by atoms with Crippen LogP contribution in [0.1, 0.15) is 26.7 Å². The molecule has 52 valence electrons. The van der Waals surface area contributed by atoms with Crippen LogP contribution in [0.15, 0.2) is 12.3 Å². The van der Waals surface area contributed by atoms with Crippen molar-refractivity contribution in [1.82, 2.24) is 4.90 Å². The first-order valence-corrected chi connectivity index (χ1v) is 3.66. The maximum atomic E-state index is 3.98. The van der Waals surface area contributed by atoms with Gasteiger partial charge in [0.1, 0.15) is 0 Å². The minimum Gasteiger partial charge on any atom is -0.373 e. The maximum Gasteiger partial charge on any atom is 0.0230 e. The van der Waals surface area contributed by atoms with Crippen LogP contribution in [0.3, 0.4) is 0 Å². The van der Waals surface area contributed by atoms with Crippen LogP contribution < -0.4 is 0 Å². The molecule has 0 unspecified atom stereocenters. The van der Waals surface area contributed by atoms with Crippen molar-refractivity contribution >= 4 is 0 Å². The normalized spacial score (nSPS) is 19.9. The van der Waals surface area contributed by atoms with Crippen molar-refractivity contribution < 1.29 is 0 Å². The summed E-state index contributed by atoms with van der Waals surface area (Å²) >= 11 is 0. The van der Waals surface area contributed by atoms with Gasteiger partial charge in [-0.15, -0.1) is 0 Å². The Morgan fingerprint density at radius 1 is 1.56 bits per heavy atom. The van der Waals surface area contributed by atoms with Crippen LogP contribution in [0.25, 0.3) is 0 Å². The summed E-state index contributed by atoms with van der Waals surface area (Å²) in [5.41, 5.74) is 1.32. The molecule has 0 aromatic rings. The number of hydrogen-bond acceptors (Lipinski definition) is 1. The van der Waals surface area contributed by atoms with Crippen molar-refractivity contribution in [1.29, 1.82) is 0 Å². The first-order chi connectivity index (χ1) is 4.22. The van der Waals surface area contributed by atoms with Crippen molar-refractivity contribution in [3.8, 4) is 0 Å². The molecular weight excluding hydrogens is 110 g/mol. The highest BCUT2D eigenvalue weighted by Crippen LogP contribution is 2.20. The Morgan fingerprint density at radius 3 is 2.44 bits per heavy atom. The Kier molecular flexibility index (Phi) is 1.79. The molecule has 1 heterocycles. The van der Waals surface area contributed by atoms with E-state index in [1.54, 1.807) is 0 Å². The molecule has 0 amide bonds. The average molecular weight is 125 g/mol. The van der Waals surface area contributed by atoms with E-state index in [1.165, 1.54) is 25.1 Å². The summed E-state index contributed by atoms with van der Waals surface area (Å²) in [5, 5.41) is 0. The van der Waals surface area contributed by atoms with Gasteiger partial charge >= 0.3 is 0 Å². The van der Waals surface area contributed by atoms with Gasteiger partial charge in [0.05, 0.1) is 0 Å². The van der Waals surface area contributed by atoms with Crippen LogP contribution in [0.2, 0.25) is 0 Å². The van der Waals surface area contributed by atoms with E-state index in [2.05, 4.69) is 25.3 Å². The number of allylic oxidation sites excluding steroid dienone is 1. The van der Waals surface area contributed by atoms with E-state index >= 15 is 0 Å². The van der Waals surface area contributed by atoms with Gasteiger partial charge in [0.2, 0.25) is 0 Å². The summed E-state index contributed by atoms with van der Waals surface area (Å²) in [6.45, 7) is 9.64. The van der Waals surface area contributed by atoms with Crippen molar-refractivity contribution in [2.45, 2.75) is 32.7 Å². The molecule has 1 fully saturated rings. The second-order valence-corrected chi connectivity index (χ2v) is 2.96. The number of hydrogen-bond donors (Lipinski definition) is 0. The molecule has 0 aromatic carbocycles. The van der Waals surface area contributed by atoms with Crippen molar-refractivity contribution in [2.75, 3.05) is 6.54 Å². The van der Waals surface area contributed by atoms with E-state index in [9.17, 15) is 0 Å². The largest absolute Gasteiger partial charge is 0.373 e. The topological polar surface area (TPSA) is 3.24 Å². The Bertz CT molecular complexity index is 116. The lowest BCUT2D eigenvalue weighted by molar-refractivity contribution is 0.325. The molecule has 0 bridgehead atoms. The molecule has 1 heteroatoms. The van der Waals surface area contributed by atoms with E-state index < -0.39 is 0 Å². The van der Waals surface area contributed by atoms with Gasteiger partial charge in [-0.05, 0) is 26.7 Å². The summed E-state index contributed by atoms with van der Waals surface area (Å²) in [4.78, 5) is 2.38. The van der Waals surface area contributed by atoms with Gasteiger partial charge in [-0.25, -0.2) is 0 Å². The summed E-state index contributed by atoms with van der Waals surface area (Å²) in [7, 11) is 0. The van der Waals surface area contributed by atoms with Crippen LogP contribution in [0.5, 0.6) is 0 Å². The number of likely N-dealkylation sites (tertiary alicyclic amines) is 1. The third kappa shape index (κ3) is 1.26. The third-order valence-electron chi connectivity index (χ3n) is 1.89. The van der Waals surface area contributed by atoms with Crippen LogP contribution in [-0.4, -0.2) is 17.5 Å². The SMILES string of the molecule is C=C1CCCN1C(C)C. The lowest BCUT2D eigenvalue weighted by atomic mass is 10.3. The van der Waals surface area contributed by atoms with Gasteiger partial charge in [0.15, 0.2) is 0 Å². The maximum absolute atomic E-state index is 3.98. The summed E-state index contributed by atoms with van der Waals surface area (Å²) < 4.78 is 0. The molecular formula is C8H15N. The van der Waals surface area contributed by atoms with Crippen LogP contribution in [0.4, 0.5) is 0 Å². The Morgan fingerprint density at radius 2 is 2.22 bits per heavy atom. The molecule has 0 radical (unpaired) electrons. The monoisotopic (exact) mass is 125 g/mol. The second-order valence-electron chi connectivity index (χ2n) is 2.96. The Hall–Kier alpha value is -0.460. The zero-order valence-electron chi connectivity index (χ0n) is 6.35. The summed E-state index contributed by atoms with van der Waals surface area (Å²) in [6.07, 6.45) is 2.51. The van der Waals surface area contributed by atoms with Gasteiger partial charge in [0.25, 0.3) is 0 Å².